The number of hydrogen-bond donors (Lipinski definition) is 2. The van der Waals surface area contributed by atoms with Gasteiger partial charge in [0, 0.05) is 50.4 Å². The summed E-state index contributed by atoms with van der Waals surface area (Å²) in [7, 11) is 0. The fraction of sp³-hybridized carbons (Fsp3) is 0.522. The maximum absolute atomic E-state index is 13.3. The van der Waals surface area contributed by atoms with Gasteiger partial charge in [0.25, 0.3) is 5.91 Å². The van der Waals surface area contributed by atoms with Crippen molar-refractivity contribution < 1.29 is 9.90 Å². The largest absolute Gasteiger partial charge is 0.396 e. The summed E-state index contributed by atoms with van der Waals surface area (Å²) < 4.78 is 0. The Labute approximate surface area is 192 Å². The van der Waals surface area contributed by atoms with Crippen molar-refractivity contribution in [3.8, 4) is 0 Å². The number of piperazine rings is 1. The summed E-state index contributed by atoms with van der Waals surface area (Å²) in [6.45, 7) is 5.41. The smallest absolute Gasteiger partial charge is 0.254 e. The highest BCUT2D eigenvalue weighted by Gasteiger charge is 2.30. The molecule has 3 rings (SSSR count). The van der Waals surface area contributed by atoms with Crippen LogP contribution in [0.3, 0.4) is 0 Å². The van der Waals surface area contributed by atoms with Crippen LogP contribution >= 0.6 is 24.8 Å². The molecule has 2 aromatic rings. The number of amides is 1. The number of nitrogens with two attached hydrogens (primary N) is 1. The van der Waals surface area contributed by atoms with E-state index in [1.54, 1.807) is 0 Å². The average molecular weight is 456 g/mol. The van der Waals surface area contributed by atoms with Gasteiger partial charge in [-0.2, -0.15) is 0 Å². The van der Waals surface area contributed by atoms with E-state index in [0.29, 0.717) is 12.5 Å². The van der Waals surface area contributed by atoms with Gasteiger partial charge in [-0.3, -0.25) is 9.69 Å². The van der Waals surface area contributed by atoms with E-state index in [9.17, 15) is 4.79 Å². The van der Waals surface area contributed by atoms with E-state index in [4.69, 9.17) is 10.8 Å². The summed E-state index contributed by atoms with van der Waals surface area (Å²) in [5, 5.41) is 11.3. The number of aliphatic hydroxyl groups excluding tert-OH is 1. The van der Waals surface area contributed by atoms with Crippen molar-refractivity contribution in [2.75, 3.05) is 32.8 Å². The molecule has 1 aliphatic heterocycles. The van der Waals surface area contributed by atoms with Gasteiger partial charge in [-0.15, -0.1) is 24.8 Å². The fourth-order valence-electron chi connectivity index (χ4n) is 4.17. The fourth-order valence-corrected chi connectivity index (χ4v) is 4.17. The molecule has 0 saturated carbocycles. The van der Waals surface area contributed by atoms with Crippen LogP contribution in [-0.2, 0) is 0 Å². The number of unbranched alkanes of at least 4 members (excludes halogenated alkanes) is 1. The SMILES string of the molecule is CCCC[C@H]1CN(C(=O)c2cccc3ccccc23)CCN1C[C@H](N)CCO.Cl.Cl. The van der Waals surface area contributed by atoms with Crippen molar-refractivity contribution >= 4 is 41.5 Å². The van der Waals surface area contributed by atoms with Crippen LogP contribution in [0.2, 0.25) is 0 Å². The predicted molar refractivity (Wildman–Crippen MR) is 129 cm³/mol. The normalized spacial score (nSPS) is 17.8. The summed E-state index contributed by atoms with van der Waals surface area (Å²) in [5.41, 5.74) is 6.96. The highest BCUT2D eigenvalue weighted by Crippen LogP contribution is 2.23. The van der Waals surface area contributed by atoms with E-state index in [2.05, 4.69) is 24.0 Å². The van der Waals surface area contributed by atoms with E-state index >= 15 is 0 Å². The van der Waals surface area contributed by atoms with Crippen molar-refractivity contribution in [2.45, 2.75) is 44.7 Å². The van der Waals surface area contributed by atoms with Crippen molar-refractivity contribution in [1.29, 1.82) is 0 Å². The van der Waals surface area contributed by atoms with Crippen molar-refractivity contribution in [2.24, 2.45) is 5.73 Å². The molecular weight excluding hydrogens is 421 g/mol. The lowest BCUT2D eigenvalue weighted by atomic mass is 10.0. The number of rotatable bonds is 8. The Morgan fingerprint density at radius 1 is 1.17 bits per heavy atom. The molecule has 1 heterocycles. The first kappa shape index (κ1) is 26.7. The molecular formula is C23H35Cl2N3O2. The number of carbonyl (C=O) groups excluding carboxylic acids is 1. The monoisotopic (exact) mass is 455 g/mol. The predicted octanol–water partition coefficient (Wildman–Crippen LogP) is 3.71. The number of hydrogen-bond acceptors (Lipinski definition) is 4. The number of nitrogens with zero attached hydrogens (tertiary/aromatic N) is 2. The Morgan fingerprint density at radius 2 is 1.90 bits per heavy atom. The lowest BCUT2D eigenvalue weighted by Crippen LogP contribution is -2.57. The van der Waals surface area contributed by atoms with Crippen molar-refractivity contribution in [3.63, 3.8) is 0 Å². The third kappa shape index (κ3) is 6.56. The van der Waals surface area contributed by atoms with E-state index < -0.39 is 0 Å². The minimum atomic E-state index is -0.0190. The highest BCUT2D eigenvalue weighted by atomic mass is 35.5. The molecule has 30 heavy (non-hydrogen) atoms. The second kappa shape index (κ2) is 13.1. The highest BCUT2D eigenvalue weighted by molar-refractivity contribution is 6.07. The van der Waals surface area contributed by atoms with Gasteiger partial charge in [-0.25, -0.2) is 0 Å². The summed E-state index contributed by atoms with van der Waals surface area (Å²) in [6, 6.07) is 14.3. The Hall–Kier alpha value is -1.37. The quantitative estimate of drug-likeness (QED) is 0.636. The summed E-state index contributed by atoms with van der Waals surface area (Å²) in [5.74, 6) is 0.123. The molecule has 0 aromatic heterocycles. The van der Waals surface area contributed by atoms with Gasteiger partial charge in [0.1, 0.15) is 0 Å². The molecule has 1 aliphatic rings. The second-order valence-corrected chi connectivity index (χ2v) is 7.84. The molecule has 0 aliphatic carbocycles. The van der Waals surface area contributed by atoms with Crippen LogP contribution in [-0.4, -0.2) is 65.7 Å². The number of aliphatic hydroxyl groups is 1. The molecule has 1 amide bonds. The first-order valence-electron chi connectivity index (χ1n) is 10.5. The molecule has 0 radical (unpaired) electrons. The molecule has 0 spiro atoms. The molecule has 7 heteroatoms. The van der Waals surface area contributed by atoms with Gasteiger partial charge >= 0.3 is 0 Å². The Balaban J connectivity index is 0.00000225. The molecule has 168 valence electrons. The van der Waals surface area contributed by atoms with E-state index in [0.717, 1.165) is 61.8 Å². The molecule has 2 aromatic carbocycles. The maximum atomic E-state index is 13.3. The van der Waals surface area contributed by atoms with Gasteiger partial charge in [0.05, 0.1) is 0 Å². The summed E-state index contributed by atoms with van der Waals surface area (Å²) in [6.07, 6.45) is 3.98. The zero-order valence-electron chi connectivity index (χ0n) is 17.7. The first-order chi connectivity index (χ1) is 13.6. The number of carbonyl (C=O) groups is 1. The third-order valence-electron chi connectivity index (χ3n) is 5.77. The Morgan fingerprint density at radius 3 is 2.63 bits per heavy atom. The van der Waals surface area contributed by atoms with Gasteiger partial charge in [0.15, 0.2) is 0 Å². The Kier molecular flexibility index (Phi) is 11.7. The third-order valence-corrected chi connectivity index (χ3v) is 5.77. The molecule has 1 saturated heterocycles. The minimum Gasteiger partial charge on any atom is -0.396 e. The van der Waals surface area contributed by atoms with Gasteiger partial charge < -0.3 is 15.7 Å². The van der Waals surface area contributed by atoms with Crippen LogP contribution in [0, 0.1) is 0 Å². The molecule has 0 unspecified atom stereocenters. The second-order valence-electron chi connectivity index (χ2n) is 7.84. The molecule has 3 N–H and O–H groups in total. The molecule has 1 fully saturated rings. The van der Waals surface area contributed by atoms with E-state index in [-0.39, 0.29) is 43.4 Å². The van der Waals surface area contributed by atoms with Crippen LogP contribution in [0.1, 0.15) is 43.0 Å². The van der Waals surface area contributed by atoms with Crippen molar-refractivity contribution in [3.05, 3.63) is 48.0 Å². The van der Waals surface area contributed by atoms with Gasteiger partial charge in [-0.1, -0.05) is 56.2 Å². The summed E-state index contributed by atoms with van der Waals surface area (Å²) >= 11 is 0. The maximum Gasteiger partial charge on any atom is 0.254 e. The lowest BCUT2D eigenvalue weighted by molar-refractivity contribution is 0.0436. The van der Waals surface area contributed by atoms with E-state index in [1.165, 1.54) is 0 Å². The standard InChI is InChI=1S/C23H33N3O2.2ClH/c1-2-3-9-20-17-26(14-13-25(20)16-19(24)12-15-27)23(28)22-11-6-8-18-7-4-5-10-21(18)22;;/h4-8,10-11,19-20,27H,2-3,9,12-17,24H2,1H3;2*1H/t19-,20+;;/m1../s1. The van der Waals surface area contributed by atoms with Crippen LogP contribution in [0.15, 0.2) is 42.5 Å². The van der Waals surface area contributed by atoms with E-state index in [1.807, 2.05) is 35.2 Å². The summed E-state index contributed by atoms with van der Waals surface area (Å²) in [4.78, 5) is 17.7. The average Bonchev–Trinajstić information content (AvgIpc) is 2.72. The molecule has 2 atom stereocenters. The number of halogens is 2. The Bertz CT molecular complexity index is 785. The molecule has 0 bridgehead atoms. The molecule has 5 nitrogen and oxygen atoms in total. The topological polar surface area (TPSA) is 69.8 Å². The van der Waals surface area contributed by atoms with Gasteiger partial charge in [-0.05, 0) is 29.7 Å². The van der Waals surface area contributed by atoms with Crippen LogP contribution in [0.25, 0.3) is 10.8 Å². The first-order valence-corrected chi connectivity index (χ1v) is 10.5. The van der Waals surface area contributed by atoms with Crippen molar-refractivity contribution in [1.82, 2.24) is 9.80 Å². The minimum absolute atomic E-state index is 0. The lowest BCUT2D eigenvalue weighted by Gasteiger charge is -2.42. The zero-order valence-corrected chi connectivity index (χ0v) is 19.3. The number of fused-ring (bicyclic) bond motifs is 1. The van der Waals surface area contributed by atoms with Crippen LogP contribution in [0.5, 0.6) is 0 Å². The zero-order chi connectivity index (χ0) is 19.9. The van der Waals surface area contributed by atoms with Crippen LogP contribution < -0.4 is 5.73 Å². The van der Waals surface area contributed by atoms with Gasteiger partial charge in [0.2, 0.25) is 0 Å². The van der Waals surface area contributed by atoms with Crippen LogP contribution in [0.4, 0.5) is 0 Å². The number of benzene rings is 2.